The van der Waals surface area contributed by atoms with Crippen LogP contribution in [0.25, 0.3) is 0 Å². The highest BCUT2D eigenvalue weighted by atomic mass is 79.9. The quantitative estimate of drug-likeness (QED) is 0.822. The summed E-state index contributed by atoms with van der Waals surface area (Å²) in [6.07, 6.45) is 5.15. The Morgan fingerprint density at radius 3 is 2.82 bits per heavy atom. The van der Waals surface area contributed by atoms with Crippen LogP contribution in [0.2, 0.25) is 5.02 Å². The molecule has 2 rings (SSSR count). The third kappa shape index (κ3) is 3.24. The molecule has 17 heavy (non-hydrogen) atoms. The van der Waals surface area contributed by atoms with Gasteiger partial charge in [0, 0.05) is 10.5 Å². The van der Waals surface area contributed by atoms with E-state index >= 15 is 0 Å². The van der Waals surface area contributed by atoms with Crippen molar-refractivity contribution in [1.82, 2.24) is 0 Å². The maximum atomic E-state index is 6.38. The highest BCUT2D eigenvalue weighted by molar-refractivity contribution is 9.10. The van der Waals surface area contributed by atoms with Crippen LogP contribution in [0.5, 0.6) is 0 Å². The summed E-state index contributed by atoms with van der Waals surface area (Å²) in [4.78, 5) is 0. The fraction of sp³-hybridized carbons (Fsp3) is 0.571. The monoisotopic (exact) mass is 315 g/mol. The van der Waals surface area contributed by atoms with E-state index in [-0.39, 0.29) is 6.04 Å². The zero-order chi connectivity index (χ0) is 12.4. The maximum absolute atomic E-state index is 6.38. The summed E-state index contributed by atoms with van der Waals surface area (Å²) in [5.41, 5.74) is 7.54. The molecular weight excluding hydrogens is 298 g/mol. The predicted molar refractivity (Wildman–Crippen MR) is 77.2 cm³/mol. The number of rotatable bonds is 2. The van der Waals surface area contributed by atoms with E-state index in [1.54, 1.807) is 0 Å². The summed E-state index contributed by atoms with van der Waals surface area (Å²) >= 11 is 9.53. The lowest BCUT2D eigenvalue weighted by molar-refractivity contribution is 0.248. The van der Waals surface area contributed by atoms with Gasteiger partial charge in [0.2, 0.25) is 0 Å². The lowest BCUT2D eigenvalue weighted by Crippen LogP contribution is -2.26. The molecule has 0 spiro atoms. The molecule has 1 aliphatic carbocycles. The van der Waals surface area contributed by atoms with Crippen molar-refractivity contribution in [2.45, 2.75) is 38.6 Å². The molecule has 2 N–H and O–H groups in total. The van der Waals surface area contributed by atoms with Crippen LogP contribution < -0.4 is 5.73 Å². The van der Waals surface area contributed by atoms with Gasteiger partial charge in [0.1, 0.15) is 0 Å². The Labute approximate surface area is 117 Å². The highest BCUT2D eigenvalue weighted by Crippen LogP contribution is 2.37. The summed E-state index contributed by atoms with van der Waals surface area (Å²) < 4.78 is 0.937. The molecule has 0 bridgehead atoms. The van der Waals surface area contributed by atoms with Gasteiger partial charge in [0.25, 0.3) is 0 Å². The average molecular weight is 317 g/mol. The van der Waals surface area contributed by atoms with Gasteiger partial charge in [-0.15, -0.1) is 0 Å². The zero-order valence-corrected chi connectivity index (χ0v) is 12.5. The Kier molecular flexibility index (Phi) is 4.51. The van der Waals surface area contributed by atoms with E-state index in [2.05, 4.69) is 28.9 Å². The fourth-order valence-corrected chi connectivity index (χ4v) is 3.23. The lowest BCUT2D eigenvalue weighted by Gasteiger charge is -2.31. The van der Waals surface area contributed by atoms with Crippen molar-refractivity contribution in [2.24, 2.45) is 17.6 Å². The van der Waals surface area contributed by atoms with Gasteiger partial charge in [-0.25, -0.2) is 0 Å². The second-order valence-corrected chi connectivity index (χ2v) is 6.49. The van der Waals surface area contributed by atoms with Crippen LogP contribution in [0.4, 0.5) is 0 Å². The fourth-order valence-electron chi connectivity index (χ4n) is 2.80. The normalized spacial score (nSPS) is 26.8. The minimum atomic E-state index is 0.128. The molecule has 0 aromatic heterocycles. The molecule has 1 aromatic carbocycles. The topological polar surface area (TPSA) is 26.0 Å². The van der Waals surface area contributed by atoms with Crippen LogP contribution in [-0.2, 0) is 0 Å². The van der Waals surface area contributed by atoms with Crippen molar-refractivity contribution in [3.8, 4) is 0 Å². The lowest BCUT2D eigenvalue weighted by atomic mass is 9.77. The number of benzene rings is 1. The van der Waals surface area contributed by atoms with Crippen LogP contribution >= 0.6 is 27.5 Å². The van der Waals surface area contributed by atoms with Crippen LogP contribution in [0.15, 0.2) is 22.7 Å². The van der Waals surface area contributed by atoms with E-state index in [0.29, 0.717) is 5.92 Å². The first kappa shape index (κ1) is 13.4. The Bertz CT molecular complexity index is 394. The van der Waals surface area contributed by atoms with Gasteiger partial charge in [-0.3, -0.25) is 0 Å². The molecule has 1 aromatic rings. The summed E-state index contributed by atoms with van der Waals surface area (Å²) in [5.74, 6) is 1.42. The third-order valence-electron chi connectivity index (χ3n) is 3.81. The highest BCUT2D eigenvalue weighted by Gasteiger charge is 2.25. The van der Waals surface area contributed by atoms with Crippen LogP contribution in [0.1, 0.15) is 44.2 Å². The van der Waals surface area contributed by atoms with Gasteiger partial charge in [-0.1, -0.05) is 37.4 Å². The second-order valence-electron chi connectivity index (χ2n) is 5.23. The molecule has 1 nitrogen and oxygen atoms in total. The molecule has 0 heterocycles. The van der Waals surface area contributed by atoms with E-state index in [0.717, 1.165) is 21.0 Å². The van der Waals surface area contributed by atoms with E-state index in [1.165, 1.54) is 25.7 Å². The number of halogens is 2. The first-order valence-electron chi connectivity index (χ1n) is 6.28. The molecule has 0 aliphatic heterocycles. The van der Waals surface area contributed by atoms with E-state index in [4.69, 9.17) is 17.3 Å². The first-order valence-corrected chi connectivity index (χ1v) is 7.45. The third-order valence-corrected chi connectivity index (χ3v) is 5.05. The molecule has 0 radical (unpaired) electrons. The molecule has 3 heteroatoms. The van der Waals surface area contributed by atoms with Gasteiger partial charge in [-0.05, 0) is 58.3 Å². The number of hydrogen-bond acceptors (Lipinski definition) is 1. The molecule has 1 aliphatic rings. The molecule has 1 fully saturated rings. The SMILES string of the molecule is CC1CCCC(C(N)c2ccc(Br)c(Cl)c2)C1. The second kappa shape index (κ2) is 5.73. The zero-order valence-electron chi connectivity index (χ0n) is 10.1. The summed E-state index contributed by atoms with van der Waals surface area (Å²) in [5, 5.41) is 0.752. The summed E-state index contributed by atoms with van der Waals surface area (Å²) in [6, 6.07) is 6.20. The van der Waals surface area contributed by atoms with Crippen LogP contribution in [0, 0.1) is 11.8 Å². The predicted octanol–water partition coefficient (Wildman–Crippen LogP) is 4.93. The van der Waals surface area contributed by atoms with Crippen molar-refractivity contribution < 1.29 is 0 Å². The van der Waals surface area contributed by atoms with Crippen LogP contribution in [0.3, 0.4) is 0 Å². The number of nitrogens with two attached hydrogens (primary N) is 1. The molecule has 0 amide bonds. The molecule has 94 valence electrons. The average Bonchev–Trinajstić information content (AvgIpc) is 2.32. The van der Waals surface area contributed by atoms with Crippen molar-refractivity contribution in [1.29, 1.82) is 0 Å². The van der Waals surface area contributed by atoms with Gasteiger partial charge in [0.15, 0.2) is 0 Å². The summed E-state index contributed by atoms with van der Waals surface area (Å²) in [6.45, 7) is 2.33. The van der Waals surface area contributed by atoms with Crippen molar-refractivity contribution in [3.05, 3.63) is 33.3 Å². The van der Waals surface area contributed by atoms with Gasteiger partial charge in [-0.2, -0.15) is 0 Å². The van der Waals surface area contributed by atoms with E-state index < -0.39 is 0 Å². The van der Waals surface area contributed by atoms with Gasteiger partial charge >= 0.3 is 0 Å². The molecule has 3 atom stereocenters. The van der Waals surface area contributed by atoms with Gasteiger partial charge < -0.3 is 5.73 Å². The first-order chi connectivity index (χ1) is 8.08. The molecular formula is C14H19BrClN. The Morgan fingerprint density at radius 2 is 2.18 bits per heavy atom. The minimum absolute atomic E-state index is 0.128. The van der Waals surface area contributed by atoms with Crippen LogP contribution in [-0.4, -0.2) is 0 Å². The van der Waals surface area contributed by atoms with E-state index in [1.807, 2.05) is 12.1 Å². The largest absolute Gasteiger partial charge is 0.324 e. The standard InChI is InChI=1S/C14H19BrClN/c1-9-3-2-4-10(7-9)14(17)11-5-6-12(15)13(16)8-11/h5-6,8-10,14H,2-4,7,17H2,1H3. The van der Waals surface area contributed by atoms with Gasteiger partial charge in [0.05, 0.1) is 5.02 Å². The minimum Gasteiger partial charge on any atom is -0.324 e. The Balaban J connectivity index is 2.12. The Morgan fingerprint density at radius 1 is 1.41 bits per heavy atom. The van der Waals surface area contributed by atoms with Crippen molar-refractivity contribution in [3.63, 3.8) is 0 Å². The van der Waals surface area contributed by atoms with Crippen molar-refractivity contribution >= 4 is 27.5 Å². The smallest absolute Gasteiger partial charge is 0.0551 e. The summed E-state index contributed by atoms with van der Waals surface area (Å²) in [7, 11) is 0. The molecule has 0 saturated heterocycles. The molecule has 3 unspecified atom stereocenters. The van der Waals surface area contributed by atoms with Crippen molar-refractivity contribution in [2.75, 3.05) is 0 Å². The Hall–Kier alpha value is -0.0500. The van der Waals surface area contributed by atoms with E-state index in [9.17, 15) is 0 Å². The molecule has 1 saturated carbocycles. The number of hydrogen-bond donors (Lipinski definition) is 1. The maximum Gasteiger partial charge on any atom is 0.0551 e.